The minimum absolute atomic E-state index is 0.0837. The molecule has 0 heterocycles. The van der Waals surface area contributed by atoms with Gasteiger partial charge in [-0.1, -0.05) is 194 Å². The number of aliphatic hydroxyl groups is 1. The molecule has 19 heteroatoms. The molecule has 0 aromatic heterocycles. The number of carbonyl (C=O) groups is 4. The second-order valence-corrected chi connectivity index (χ2v) is 22.8. The van der Waals surface area contributed by atoms with Crippen LogP contribution >= 0.6 is 15.6 Å². The normalized spacial score (nSPS) is 15.0. The highest BCUT2D eigenvalue weighted by atomic mass is 31.2. The van der Waals surface area contributed by atoms with Crippen molar-refractivity contribution in [3.8, 4) is 0 Å². The van der Waals surface area contributed by atoms with Crippen molar-refractivity contribution in [1.82, 2.24) is 0 Å². The topological polar surface area (TPSA) is 237 Å². The molecule has 0 saturated carbocycles. The van der Waals surface area contributed by atoms with E-state index < -0.39 is 97.5 Å². The van der Waals surface area contributed by atoms with Crippen molar-refractivity contribution >= 4 is 39.5 Å². The van der Waals surface area contributed by atoms with Crippen LogP contribution in [0.3, 0.4) is 0 Å². The van der Waals surface area contributed by atoms with Gasteiger partial charge in [0.15, 0.2) is 12.2 Å². The molecule has 0 amide bonds. The molecule has 17 nitrogen and oxygen atoms in total. The summed E-state index contributed by atoms with van der Waals surface area (Å²) in [6.45, 7) is 6.83. The number of unbranched alkanes of at least 4 members (excludes halogenated alkanes) is 22. The molecule has 0 aliphatic heterocycles. The predicted molar refractivity (Wildman–Crippen MR) is 294 cm³/mol. The number of hydrogen-bond acceptors (Lipinski definition) is 15. The van der Waals surface area contributed by atoms with E-state index in [1.54, 1.807) is 0 Å². The van der Waals surface area contributed by atoms with Gasteiger partial charge in [0.05, 0.1) is 26.4 Å². The third-order valence-electron chi connectivity index (χ3n) is 12.5. The van der Waals surface area contributed by atoms with Gasteiger partial charge in [-0.3, -0.25) is 37.3 Å². The van der Waals surface area contributed by atoms with Gasteiger partial charge in [-0.05, 0) is 57.3 Å². The van der Waals surface area contributed by atoms with Crippen LogP contribution in [-0.2, 0) is 65.4 Å². The Morgan fingerprint density at radius 2 is 0.747 bits per heavy atom. The van der Waals surface area contributed by atoms with Crippen LogP contribution < -0.4 is 0 Å². The molecule has 0 radical (unpaired) electrons. The lowest BCUT2D eigenvalue weighted by molar-refractivity contribution is -0.161. The first kappa shape index (κ1) is 72.5. The molecular weight excluding hydrogens is 1010 g/mol. The minimum atomic E-state index is -4.94. The van der Waals surface area contributed by atoms with Crippen molar-refractivity contribution in [3.63, 3.8) is 0 Å². The summed E-state index contributed by atoms with van der Waals surface area (Å²) >= 11 is 0. The molecule has 75 heavy (non-hydrogen) atoms. The van der Waals surface area contributed by atoms with Crippen molar-refractivity contribution in [2.24, 2.45) is 5.92 Å². The Balaban J connectivity index is 5.18. The minimum Gasteiger partial charge on any atom is -0.462 e. The van der Waals surface area contributed by atoms with Gasteiger partial charge < -0.3 is 33.8 Å². The molecule has 440 valence electrons. The lowest BCUT2D eigenvalue weighted by Crippen LogP contribution is -2.30. The molecule has 0 rings (SSSR count). The number of esters is 4. The van der Waals surface area contributed by atoms with Crippen LogP contribution in [0.15, 0.2) is 24.3 Å². The molecule has 0 bridgehead atoms. The highest BCUT2D eigenvalue weighted by molar-refractivity contribution is 7.47. The molecule has 3 N–H and O–H groups in total. The van der Waals surface area contributed by atoms with E-state index in [1.807, 2.05) is 0 Å². The quantitative estimate of drug-likeness (QED) is 0.0169. The fourth-order valence-corrected chi connectivity index (χ4v) is 9.17. The number of hydrogen-bond donors (Lipinski definition) is 3. The Hall–Kier alpha value is -2.46. The Morgan fingerprint density at radius 3 is 1.13 bits per heavy atom. The number of carbonyl (C=O) groups excluding carboxylic acids is 4. The number of aliphatic hydroxyl groups excluding tert-OH is 1. The molecule has 0 aromatic carbocycles. The first-order valence-corrected chi connectivity index (χ1v) is 32.0. The van der Waals surface area contributed by atoms with Crippen LogP contribution in [0.4, 0.5) is 0 Å². The molecule has 0 aliphatic rings. The lowest BCUT2D eigenvalue weighted by atomic mass is 10.00. The number of phosphoric acid groups is 2. The first-order valence-electron chi connectivity index (χ1n) is 29.0. The van der Waals surface area contributed by atoms with Gasteiger partial charge in [0.2, 0.25) is 0 Å². The zero-order valence-electron chi connectivity index (χ0n) is 47.1. The van der Waals surface area contributed by atoms with Crippen LogP contribution in [-0.4, -0.2) is 96.7 Å². The van der Waals surface area contributed by atoms with Crippen LogP contribution in [0, 0.1) is 5.92 Å². The van der Waals surface area contributed by atoms with Crippen molar-refractivity contribution in [3.05, 3.63) is 24.3 Å². The van der Waals surface area contributed by atoms with E-state index >= 15 is 0 Å². The third-order valence-corrected chi connectivity index (χ3v) is 14.4. The smallest absolute Gasteiger partial charge is 0.462 e. The zero-order valence-corrected chi connectivity index (χ0v) is 48.9. The number of phosphoric ester groups is 2. The van der Waals surface area contributed by atoms with E-state index in [0.717, 1.165) is 121 Å². The molecule has 0 fully saturated rings. The van der Waals surface area contributed by atoms with Crippen molar-refractivity contribution in [2.45, 2.75) is 265 Å². The summed E-state index contributed by atoms with van der Waals surface area (Å²) in [6, 6.07) is 0. The first-order chi connectivity index (χ1) is 36.1. The largest absolute Gasteiger partial charge is 0.472 e. The van der Waals surface area contributed by atoms with Crippen LogP contribution in [0.5, 0.6) is 0 Å². The van der Waals surface area contributed by atoms with Gasteiger partial charge in [-0.15, -0.1) is 0 Å². The van der Waals surface area contributed by atoms with Gasteiger partial charge in [0, 0.05) is 25.7 Å². The zero-order chi connectivity index (χ0) is 55.7. The van der Waals surface area contributed by atoms with Crippen LogP contribution in [0.2, 0.25) is 0 Å². The Kier molecular flexibility index (Phi) is 48.2. The fourth-order valence-electron chi connectivity index (χ4n) is 7.60. The second kappa shape index (κ2) is 49.8. The maximum absolute atomic E-state index is 12.9. The van der Waals surface area contributed by atoms with E-state index in [2.05, 4.69) is 58.9 Å². The van der Waals surface area contributed by atoms with Crippen molar-refractivity contribution < 1.29 is 80.2 Å². The summed E-state index contributed by atoms with van der Waals surface area (Å²) in [5.74, 6) is -1.47. The predicted octanol–water partition coefficient (Wildman–Crippen LogP) is 14.2. The van der Waals surface area contributed by atoms with Crippen LogP contribution in [0.25, 0.3) is 0 Å². The van der Waals surface area contributed by atoms with Gasteiger partial charge in [-0.25, -0.2) is 9.13 Å². The Morgan fingerprint density at radius 1 is 0.427 bits per heavy atom. The van der Waals surface area contributed by atoms with Crippen LogP contribution in [0.1, 0.15) is 247 Å². The summed E-state index contributed by atoms with van der Waals surface area (Å²) in [7, 11) is -9.86. The van der Waals surface area contributed by atoms with Crippen molar-refractivity contribution in [2.75, 3.05) is 39.6 Å². The molecule has 6 atom stereocenters. The highest BCUT2D eigenvalue weighted by Crippen LogP contribution is 2.45. The Labute approximate surface area is 452 Å². The average molecular weight is 1110 g/mol. The van der Waals surface area contributed by atoms with Gasteiger partial charge >= 0.3 is 39.5 Å². The molecular formula is C56H104O17P2. The van der Waals surface area contributed by atoms with Gasteiger partial charge in [0.25, 0.3) is 0 Å². The van der Waals surface area contributed by atoms with E-state index in [1.165, 1.54) is 44.9 Å². The van der Waals surface area contributed by atoms with Crippen molar-refractivity contribution in [1.29, 1.82) is 0 Å². The summed E-state index contributed by atoms with van der Waals surface area (Å²) in [4.78, 5) is 71.3. The van der Waals surface area contributed by atoms with Gasteiger partial charge in [-0.2, -0.15) is 0 Å². The molecule has 0 aromatic rings. The molecule has 3 unspecified atom stereocenters. The van der Waals surface area contributed by atoms with E-state index in [-0.39, 0.29) is 25.7 Å². The number of rotatable bonds is 54. The second-order valence-electron chi connectivity index (χ2n) is 19.9. The van der Waals surface area contributed by atoms with E-state index in [0.29, 0.717) is 25.7 Å². The monoisotopic (exact) mass is 1110 g/mol. The molecule has 0 saturated heterocycles. The lowest BCUT2D eigenvalue weighted by Gasteiger charge is -2.21. The summed E-state index contributed by atoms with van der Waals surface area (Å²) < 4.78 is 67.2. The number of ether oxygens (including phenoxy) is 4. The number of allylic oxidation sites excluding steroid dienone is 4. The standard InChI is InChI=1S/C56H104O17P2/c1-6-10-13-16-17-18-19-20-21-22-23-24-25-32-37-42-56(61)73-52(46-67-54(59)40-35-31-27-26-30-33-38-49(5)9-4)48-71-75(64,65)69-44-50(57)43-68-74(62,63)70-47-51(72-55(60)41-36-29-15-12-8-3)45-66-53(58)39-34-28-14-11-7-2/h18-21,49-52,57H,6-17,22-48H2,1-5H3,(H,62,63)(H,64,65)/b19-18-,21-20-/t49?,50-,51+,52+/m0/s1. The summed E-state index contributed by atoms with van der Waals surface area (Å²) in [5.41, 5.74) is 0. The molecule has 0 aliphatic carbocycles. The highest BCUT2D eigenvalue weighted by Gasteiger charge is 2.30. The van der Waals surface area contributed by atoms with E-state index in [9.17, 15) is 43.2 Å². The maximum atomic E-state index is 12.9. The molecule has 0 spiro atoms. The summed E-state index contributed by atoms with van der Waals surface area (Å²) in [6.07, 6.45) is 33.8. The maximum Gasteiger partial charge on any atom is 0.472 e. The third kappa shape index (κ3) is 49.6. The Bertz CT molecular complexity index is 1580. The average Bonchev–Trinajstić information content (AvgIpc) is 3.38. The van der Waals surface area contributed by atoms with E-state index in [4.69, 9.17) is 37.0 Å². The fraction of sp³-hybridized carbons (Fsp3) is 0.857. The summed E-state index contributed by atoms with van der Waals surface area (Å²) in [5, 5.41) is 10.4. The van der Waals surface area contributed by atoms with Gasteiger partial charge in [0.1, 0.15) is 19.3 Å². The SMILES string of the molecule is CCCCCC/C=C\C=C/CCCCCCCC(=O)O[C@H](COC(=O)CCCCCCCCC(C)CC)COP(=O)(O)OC[C@@H](O)COP(=O)(O)OC[C@@H](COC(=O)CCCCCCC)OC(=O)CCCCCCC.